The van der Waals surface area contributed by atoms with E-state index in [1.54, 1.807) is 0 Å². The second kappa shape index (κ2) is 15.3. The van der Waals surface area contributed by atoms with Crippen LogP contribution in [0.1, 0.15) is 22.3 Å². The number of furan rings is 1. The number of hydrogen-bond donors (Lipinski definition) is 0. The molecular weight excluding hydrogens is 865 g/mol. The van der Waals surface area contributed by atoms with Gasteiger partial charge in [0.05, 0.1) is 16.4 Å². The van der Waals surface area contributed by atoms with Gasteiger partial charge in [-0.1, -0.05) is 170 Å². The van der Waals surface area contributed by atoms with Crippen LogP contribution in [0.25, 0.3) is 82.8 Å². The van der Waals surface area contributed by atoms with Gasteiger partial charge in [-0.2, -0.15) is 0 Å². The highest BCUT2D eigenvalue weighted by Crippen LogP contribution is 2.62. The van der Waals surface area contributed by atoms with Gasteiger partial charge in [-0.15, -0.1) is 0 Å². The van der Waals surface area contributed by atoms with E-state index in [1.807, 2.05) is 6.07 Å². The Morgan fingerprint density at radius 3 is 1.68 bits per heavy atom. The lowest BCUT2D eigenvalue weighted by molar-refractivity contribution is 0.436. The molecule has 0 fully saturated rings. The van der Waals surface area contributed by atoms with E-state index in [9.17, 15) is 0 Å². The third-order valence-electron chi connectivity index (χ3n) is 15.1. The Kier molecular flexibility index (Phi) is 8.54. The molecule has 0 bridgehead atoms. The van der Waals surface area contributed by atoms with Crippen LogP contribution in [-0.2, 0) is 5.41 Å². The van der Waals surface area contributed by atoms with Crippen LogP contribution in [0.5, 0.6) is 11.5 Å². The van der Waals surface area contributed by atoms with Crippen molar-refractivity contribution in [3.63, 3.8) is 0 Å². The molecule has 0 amide bonds. The van der Waals surface area contributed by atoms with Gasteiger partial charge >= 0.3 is 0 Å². The quantitative estimate of drug-likeness (QED) is 0.167. The van der Waals surface area contributed by atoms with Gasteiger partial charge in [0.15, 0.2) is 0 Å². The molecule has 11 aromatic carbocycles. The first-order valence-corrected chi connectivity index (χ1v) is 24.3. The lowest BCUT2D eigenvalue weighted by Gasteiger charge is -2.39. The largest absolute Gasteiger partial charge is 0.457 e. The van der Waals surface area contributed by atoms with Gasteiger partial charge in [0, 0.05) is 61.0 Å². The molecule has 2 aromatic heterocycles. The number of benzene rings is 11. The highest BCUT2D eigenvalue weighted by atomic mass is 16.5. The molecule has 1 aliphatic carbocycles. The number of rotatable bonds is 6. The first-order chi connectivity index (χ1) is 35.2. The fourth-order valence-electron chi connectivity index (χ4n) is 12.0. The summed E-state index contributed by atoms with van der Waals surface area (Å²) in [5, 5.41) is 4.58. The van der Waals surface area contributed by atoms with E-state index in [4.69, 9.17) is 9.15 Å². The average molecular weight is 907 g/mol. The maximum absolute atomic E-state index is 6.97. The predicted molar refractivity (Wildman–Crippen MR) is 291 cm³/mol. The van der Waals surface area contributed by atoms with Crippen LogP contribution in [0.2, 0.25) is 0 Å². The van der Waals surface area contributed by atoms with Crippen LogP contribution in [0.15, 0.2) is 259 Å². The van der Waals surface area contributed by atoms with E-state index in [0.29, 0.717) is 0 Å². The van der Waals surface area contributed by atoms with Gasteiger partial charge in [0.25, 0.3) is 0 Å². The lowest BCUT2D eigenvalue weighted by atomic mass is 9.66. The summed E-state index contributed by atoms with van der Waals surface area (Å²) in [7, 11) is 0. The maximum atomic E-state index is 6.97. The van der Waals surface area contributed by atoms with Crippen molar-refractivity contribution in [3.05, 3.63) is 277 Å². The van der Waals surface area contributed by atoms with Crippen molar-refractivity contribution < 1.29 is 9.15 Å². The first kappa shape index (κ1) is 39.6. The Morgan fingerprint density at radius 2 is 0.915 bits per heavy atom. The second-order valence-electron chi connectivity index (χ2n) is 18.8. The maximum Gasteiger partial charge on any atom is 0.143 e. The van der Waals surface area contributed by atoms with Crippen molar-refractivity contribution in [1.29, 1.82) is 0 Å². The van der Waals surface area contributed by atoms with Crippen LogP contribution in [0.4, 0.5) is 17.1 Å². The van der Waals surface area contributed by atoms with Crippen LogP contribution >= 0.6 is 0 Å². The van der Waals surface area contributed by atoms with Crippen LogP contribution < -0.4 is 9.64 Å². The molecule has 0 radical (unpaired) electrons. The minimum absolute atomic E-state index is 0.514. The lowest BCUT2D eigenvalue weighted by Crippen LogP contribution is -2.32. The third-order valence-corrected chi connectivity index (χ3v) is 15.1. The molecule has 1 spiro atoms. The third kappa shape index (κ3) is 5.79. The Balaban J connectivity index is 0.916. The summed E-state index contributed by atoms with van der Waals surface area (Å²) in [6.07, 6.45) is 0. The molecule has 0 N–H and O–H groups in total. The smallest absolute Gasteiger partial charge is 0.143 e. The van der Waals surface area contributed by atoms with E-state index in [2.05, 4.69) is 258 Å². The molecule has 0 saturated carbocycles. The Morgan fingerprint density at radius 1 is 0.338 bits per heavy atom. The number of ether oxygens (including phenoxy) is 1. The number of anilines is 3. The Labute approximate surface area is 410 Å². The Bertz CT molecular complexity index is 4180. The zero-order valence-corrected chi connectivity index (χ0v) is 38.5. The van der Waals surface area contributed by atoms with Crippen molar-refractivity contribution in [2.75, 3.05) is 4.90 Å². The molecule has 3 heterocycles. The summed E-state index contributed by atoms with van der Waals surface area (Å²) in [6.45, 7) is 0. The van der Waals surface area contributed by atoms with Crippen molar-refractivity contribution in [2.45, 2.75) is 5.41 Å². The van der Waals surface area contributed by atoms with Crippen LogP contribution in [0, 0.1) is 0 Å². The molecule has 1 aliphatic heterocycles. The van der Waals surface area contributed by atoms with Crippen LogP contribution in [0.3, 0.4) is 0 Å². The average Bonchev–Trinajstić information content (AvgIpc) is 4.08. The van der Waals surface area contributed by atoms with Crippen molar-refractivity contribution >= 4 is 60.8 Å². The zero-order valence-electron chi connectivity index (χ0n) is 38.5. The summed E-state index contributed by atoms with van der Waals surface area (Å²) in [4.78, 5) is 2.31. The minimum Gasteiger partial charge on any atom is -0.457 e. The molecule has 4 nitrogen and oxygen atoms in total. The van der Waals surface area contributed by atoms with E-state index in [1.165, 1.54) is 38.6 Å². The zero-order chi connectivity index (χ0) is 46.6. The molecule has 4 heteroatoms. The highest BCUT2D eigenvalue weighted by molar-refractivity contribution is 6.14. The molecule has 71 heavy (non-hydrogen) atoms. The highest BCUT2D eigenvalue weighted by Gasteiger charge is 2.51. The molecule has 0 unspecified atom stereocenters. The summed E-state index contributed by atoms with van der Waals surface area (Å²) < 4.78 is 16.0. The molecule has 13 aromatic rings. The van der Waals surface area contributed by atoms with Crippen LogP contribution in [-0.4, -0.2) is 4.57 Å². The predicted octanol–water partition coefficient (Wildman–Crippen LogP) is 18.0. The summed E-state index contributed by atoms with van der Waals surface area (Å²) in [6, 6.07) is 91.9. The van der Waals surface area contributed by atoms with E-state index in [0.717, 1.165) is 95.0 Å². The molecule has 0 atom stereocenters. The van der Waals surface area contributed by atoms with Gasteiger partial charge in [-0.3, -0.25) is 0 Å². The molecule has 332 valence electrons. The van der Waals surface area contributed by atoms with Gasteiger partial charge in [-0.25, -0.2) is 0 Å². The molecule has 2 aliphatic rings. The normalized spacial score (nSPS) is 13.0. The number of nitrogens with zero attached hydrogens (tertiary/aromatic N) is 2. The first-order valence-electron chi connectivity index (χ1n) is 24.3. The van der Waals surface area contributed by atoms with Gasteiger partial charge in [0.2, 0.25) is 0 Å². The number of para-hydroxylation sites is 5. The number of aromatic nitrogens is 1. The molecule has 15 rings (SSSR count). The van der Waals surface area contributed by atoms with E-state index in [-0.39, 0.29) is 0 Å². The molecule has 0 saturated heterocycles. The number of hydrogen-bond acceptors (Lipinski definition) is 3. The van der Waals surface area contributed by atoms with Crippen molar-refractivity contribution in [3.8, 4) is 50.6 Å². The summed E-state index contributed by atoms with van der Waals surface area (Å²) in [5.41, 5.74) is 19.7. The van der Waals surface area contributed by atoms with E-state index >= 15 is 0 Å². The summed E-state index contributed by atoms with van der Waals surface area (Å²) in [5.74, 6) is 1.75. The van der Waals surface area contributed by atoms with Gasteiger partial charge in [-0.05, 0) is 124 Å². The fraction of sp³-hybridized carbons (Fsp3) is 0.0149. The SMILES string of the molecule is c1ccc(N(c2ccccc2)c2ccc(-n3c4ccc(-c5cccc6c5oc5ccccc56)cc4c4ccc(-c5ccc6c(c5)Oc5ccccc5C65c6ccccc6-c6ccccc65)cc43)cc2)cc1. The number of fused-ring (bicyclic) bond motifs is 15. The Hall–Kier alpha value is -9.38. The topological polar surface area (TPSA) is 30.5 Å². The monoisotopic (exact) mass is 906 g/mol. The van der Waals surface area contributed by atoms with Crippen molar-refractivity contribution in [2.24, 2.45) is 0 Å². The second-order valence-corrected chi connectivity index (χ2v) is 18.8. The minimum atomic E-state index is -0.514. The standard InChI is InChI=1S/C67H42N2O2/c1-3-16-46(17-4-1)68(47-18-5-2-6-19-47)48-33-35-49(36-34-48)69-61-39-32-45(50-23-15-24-55-54-22-9-13-28-63(54)71-66(50)55)40-56(61)53-37-30-43(41-62(53)69)44-31-38-60-65(42-44)70-64-29-14-12-27-59(64)67(60)57-25-10-7-20-51(57)52-21-8-11-26-58(52)67/h1-42H. The van der Waals surface area contributed by atoms with Gasteiger partial charge < -0.3 is 18.6 Å². The van der Waals surface area contributed by atoms with Gasteiger partial charge in [0.1, 0.15) is 22.7 Å². The molecular formula is C67H42N2O2. The van der Waals surface area contributed by atoms with Crippen molar-refractivity contribution in [1.82, 2.24) is 4.57 Å². The summed E-state index contributed by atoms with van der Waals surface area (Å²) >= 11 is 0. The van der Waals surface area contributed by atoms with E-state index < -0.39 is 5.41 Å². The fourth-order valence-corrected chi connectivity index (χ4v) is 12.0.